The van der Waals surface area contributed by atoms with E-state index >= 15 is 0 Å². The second kappa shape index (κ2) is 6.25. The summed E-state index contributed by atoms with van der Waals surface area (Å²) in [4.78, 5) is 10.1. The van der Waals surface area contributed by atoms with Crippen molar-refractivity contribution in [2.45, 2.75) is 0 Å². The molecule has 0 radical (unpaired) electrons. The van der Waals surface area contributed by atoms with Crippen LogP contribution in [0.25, 0.3) is 0 Å². The van der Waals surface area contributed by atoms with Crippen molar-refractivity contribution in [3.05, 3.63) is 57.6 Å². The lowest BCUT2D eigenvalue weighted by molar-refractivity contribution is -0.384. The van der Waals surface area contributed by atoms with Crippen LogP contribution in [0.2, 0.25) is 0 Å². The van der Waals surface area contributed by atoms with Crippen molar-refractivity contribution in [3.63, 3.8) is 0 Å². The van der Waals surface area contributed by atoms with E-state index in [0.717, 1.165) is 12.1 Å². The number of ether oxygens (including phenoxy) is 2. The van der Waals surface area contributed by atoms with Gasteiger partial charge in [-0.3, -0.25) is 10.1 Å². The molecule has 0 saturated heterocycles. The molecule has 0 bridgehead atoms. The summed E-state index contributed by atoms with van der Waals surface area (Å²) in [5, 5.41) is 29.1. The number of non-ortho nitro benzene ring substituents is 1. The van der Waals surface area contributed by atoms with Gasteiger partial charge in [0, 0.05) is 12.1 Å². The number of nitro benzene ring substituents is 1. The van der Waals surface area contributed by atoms with Crippen LogP contribution in [0.3, 0.4) is 0 Å². The number of nitriles is 2. The van der Waals surface area contributed by atoms with E-state index in [-0.39, 0.29) is 22.6 Å². The Kier molecular flexibility index (Phi) is 4.21. The zero-order chi connectivity index (χ0) is 16.1. The van der Waals surface area contributed by atoms with Gasteiger partial charge in [-0.2, -0.15) is 10.5 Å². The topological polar surface area (TPSA) is 109 Å². The molecule has 2 aromatic carbocycles. The molecule has 0 aliphatic carbocycles. The molecule has 22 heavy (non-hydrogen) atoms. The van der Waals surface area contributed by atoms with Gasteiger partial charge in [0.2, 0.25) is 0 Å². The number of methoxy groups -OCH3 is 1. The number of hydrogen-bond donors (Lipinski definition) is 0. The van der Waals surface area contributed by atoms with Gasteiger partial charge >= 0.3 is 0 Å². The summed E-state index contributed by atoms with van der Waals surface area (Å²) >= 11 is 0. The van der Waals surface area contributed by atoms with Gasteiger partial charge in [0.15, 0.2) is 5.75 Å². The molecule has 0 amide bonds. The molecule has 0 atom stereocenters. The second-order valence-electron chi connectivity index (χ2n) is 4.13. The van der Waals surface area contributed by atoms with Crippen LogP contribution >= 0.6 is 0 Å². The van der Waals surface area contributed by atoms with Crippen molar-refractivity contribution in [1.82, 2.24) is 0 Å². The number of benzene rings is 2. The van der Waals surface area contributed by atoms with E-state index in [1.807, 2.05) is 0 Å². The Balaban J connectivity index is 2.47. The first-order chi connectivity index (χ1) is 10.6. The first-order valence-electron chi connectivity index (χ1n) is 6.03. The summed E-state index contributed by atoms with van der Waals surface area (Å²) in [6.07, 6.45) is 0. The standard InChI is InChI=1S/C15H9N3O4/c1-21-13-2-4-14(5-3-13)22-15-10(8-16)6-12(18(19)20)7-11(15)9-17/h2-7H,1H3. The van der Waals surface area contributed by atoms with Crippen molar-refractivity contribution in [3.8, 4) is 29.4 Å². The van der Waals surface area contributed by atoms with Crippen LogP contribution in [0, 0.1) is 32.8 Å². The van der Waals surface area contributed by atoms with E-state index in [1.165, 1.54) is 7.11 Å². The van der Waals surface area contributed by atoms with E-state index in [0.29, 0.717) is 11.5 Å². The smallest absolute Gasteiger partial charge is 0.272 e. The normalized spacial score (nSPS) is 9.41. The molecule has 2 rings (SSSR count). The van der Waals surface area contributed by atoms with Gasteiger partial charge in [0.1, 0.15) is 34.8 Å². The average Bonchev–Trinajstić information content (AvgIpc) is 2.55. The Labute approximate surface area is 125 Å². The minimum absolute atomic E-state index is 0.0132. The highest BCUT2D eigenvalue weighted by Crippen LogP contribution is 2.33. The predicted molar refractivity (Wildman–Crippen MR) is 75.6 cm³/mol. The second-order valence-corrected chi connectivity index (χ2v) is 4.13. The van der Waals surface area contributed by atoms with Crippen LogP contribution in [0.15, 0.2) is 36.4 Å². The fourth-order valence-electron chi connectivity index (χ4n) is 1.76. The Bertz CT molecular complexity index is 766. The largest absolute Gasteiger partial charge is 0.497 e. The molecule has 108 valence electrons. The average molecular weight is 295 g/mol. The highest BCUT2D eigenvalue weighted by atomic mass is 16.6. The Morgan fingerprint density at radius 2 is 1.55 bits per heavy atom. The Morgan fingerprint density at radius 1 is 1.05 bits per heavy atom. The third-order valence-corrected chi connectivity index (χ3v) is 2.80. The molecule has 0 aliphatic heterocycles. The number of rotatable bonds is 4. The molecule has 0 heterocycles. The van der Waals surface area contributed by atoms with Gasteiger partial charge in [0.25, 0.3) is 5.69 Å². The molecular formula is C15H9N3O4. The molecule has 0 aromatic heterocycles. The Morgan fingerprint density at radius 3 is 1.95 bits per heavy atom. The van der Waals surface area contributed by atoms with Crippen LogP contribution in [0.5, 0.6) is 17.2 Å². The van der Waals surface area contributed by atoms with Gasteiger partial charge in [0.05, 0.1) is 12.0 Å². The maximum Gasteiger partial charge on any atom is 0.272 e. The summed E-state index contributed by atoms with van der Waals surface area (Å²) < 4.78 is 10.5. The minimum Gasteiger partial charge on any atom is -0.497 e. The third-order valence-electron chi connectivity index (χ3n) is 2.80. The monoisotopic (exact) mass is 295 g/mol. The fourth-order valence-corrected chi connectivity index (χ4v) is 1.76. The van der Waals surface area contributed by atoms with Crippen LogP contribution in [0.4, 0.5) is 5.69 Å². The van der Waals surface area contributed by atoms with E-state index in [9.17, 15) is 10.1 Å². The van der Waals surface area contributed by atoms with E-state index in [2.05, 4.69) is 0 Å². The van der Waals surface area contributed by atoms with Gasteiger partial charge in [-0.15, -0.1) is 0 Å². The summed E-state index contributed by atoms with van der Waals surface area (Å²) in [6.45, 7) is 0. The first kappa shape index (κ1) is 14.8. The minimum atomic E-state index is -0.668. The summed E-state index contributed by atoms with van der Waals surface area (Å²) in [5.74, 6) is 0.987. The van der Waals surface area contributed by atoms with Crippen molar-refractivity contribution in [2.75, 3.05) is 7.11 Å². The SMILES string of the molecule is COc1ccc(Oc2c(C#N)cc([N+](=O)[O-])cc2C#N)cc1. The molecule has 0 spiro atoms. The Hall–Kier alpha value is -3.58. The van der Waals surface area contributed by atoms with Crippen LogP contribution in [-0.4, -0.2) is 12.0 Å². The summed E-state index contributed by atoms with van der Waals surface area (Å²) in [6, 6.07) is 12.2. The third kappa shape index (κ3) is 2.94. The fraction of sp³-hybridized carbons (Fsp3) is 0.0667. The maximum atomic E-state index is 10.8. The first-order valence-corrected chi connectivity index (χ1v) is 6.03. The lowest BCUT2D eigenvalue weighted by atomic mass is 10.1. The molecule has 0 unspecified atom stereocenters. The molecule has 0 saturated carbocycles. The number of nitrogens with zero attached hydrogens (tertiary/aromatic N) is 3. The molecule has 7 nitrogen and oxygen atoms in total. The van der Waals surface area contributed by atoms with E-state index in [4.69, 9.17) is 20.0 Å². The lowest BCUT2D eigenvalue weighted by Crippen LogP contribution is -1.96. The highest BCUT2D eigenvalue weighted by molar-refractivity contribution is 5.60. The van der Waals surface area contributed by atoms with Crippen molar-refractivity contribution in [1.29, 1.82) is 10.5 Å². The highest BCUT2D eigenvalue weighted by Gasteiger charge is 2.18. The summed E-state index contributed by atoms with van der Waals surface area (Å²) in [7, 11) is 1.52. The molecular weight excluding hydrogens is 286 g/mol. The maximum absolute atomic E-state index is 10.8. The molecule has 2 aromatic rings. The number of hydrogen-bond acceptors (Lipinski definition) is 6. The van der Waals surface area contributed by atoms with Crippen molar-refractivity contribution >= 4 is 5.69 Å². The number of nitro groups is 1. The van der Waals surface area contributed by atoms with Gasteiger partial charge in [-0.1, -0.05) is 0 Å². The van der Waals surface area contributed by atoms with Crippen molar-refractivity contribution in [2.24, 2.45) is 0 Å². The molecule has 0 fully saturated rings. The van der Waals surface area contributed by atoms with Crippen LogP contribution in [0.1, 0.15) is 11.1 Å². The van der Waals surface area contributed by atoms with E-state index in [1.54, 1.807) is 36.4 Å². The molecule has 0 aliphatic rings. The van der Waals surface area contributed by atoms with Crippen LogP contribution in [-0.2, 0) is 0 Å². The predicted octanol–water partition coefficient (Wildman–Crippen LogP) is 3.14. The molecule has 7 heteroatoms. The zero-order valence-electron chi connectivity index (χ0n) is 11.4. The van der Waals surface area contributed by atoms with Gasteiger partial charge in [-0.05, 0) is 24.3 Å². The lowest BCUT2D eigenvalue weighted by Gasteiger charge is -2.09. The molecule has 0 N–H and O–H groups in total. The van der Waals surface area contributed by atoms with Crippen molar-refractivity contribution < 1.29 is 14.4 Å². The van der Waals surface area contributed by atoms with Gasteiger partial charge < -0.3 is 9.47 Å². The quantitative estimate of drug-likeness (QED) is 0.633. The summed E-state index contributed by atoms with van der Waals surface area (Å²) in [5.41, 5.74) is -0.502. The van der Waals surface area contributed by atoms with E-state index < -0.39 is 4.92 Å². The van der Waals surface area contributed by atoms with Crippen LogP contribution < -0.4 is 9.47 Å². The zero-order valence-corrected chi connectivity index (χ0v) is 11.4. The van der Waals surface area contributed by atoms with Gasteiger partial charge in [-0.25, -0.2) is 0 Å².